The average molecular weight is 250 g/mol. The van der Waals surface area contributed by atoms with Crippen molar-refractivity contribution in [1.82, 2.24) is 0 Å². The third kappa shape index (κ3) is 2.24. The number of aliphatic hydroxyl groups excluding tert-OH is 1. The van der Waals surface area contributed by atoms with Gasteiger partial charge in [-0.3, -0.25) is 0 Å². The van der Waals surface area contributed by atoms with Crippen LogP contribution in [0.25, 0.3) is 0 Å². The highest BCUT2D eigenvalue weighted by atomic mass is 16.4. The molecule has 0 aromatic rings. The number of aliphatic carboxylic acids is 1. The van der Waals surface area contributed by atoms with Crippen molar-refractivity contribution in [2.45, 2.75) is 45.6 Å². The molecule has 2 rings (SSSR count). The second-order valence-electron chi connectivity index (χ2n) is 5.85. The molecule has 4 atom stereocenters. The molecule has 0 radical (unpaired) electrons. The minimum Gasteiger partial charge on any atom is -0.478 e. The highest BCUT2D eigenvalue weighted by molar-refractivity contribution is 5.86. The molecule has 0 amide bonds. The van der Waals surface area contributed by atoms with Crippen molar-refractivity contribution in [2.24, 2.45) is 17.8 Å². The van der Waals surface area contributed by atoms with Crippen molar-refractivity contribution in [1.29, 1.82) is 0 Å². The normalized spacial score (nSPS) is 36.2. The predicted molar refractivity (Wildman–Crippen MR) is 70.1 cm³/mol. The Morgan fingerprint density at radius 1 is 1.39 bits per heavy atom. The van der Waals surface area contributed by atoms with Gasteiger partial charge >= 0.3 is 5.97 Å². The molecule has 0 spiro atoms. The van der Waals surface area contributed by atoms with Gasteiger partial charge in [0.15, 0.2) is 0 Å². The van der Waals surface area contributed by atoms with Gasteiger partial charge in [0.1, 0.15) is 0 Å². The molecule has 0 heterocycles. The van der Waals surface area contributed by atoms with E-state index in [0.29, 0.717) is 17.4 Å². The second-order valence-corrected chi connectivity index (χ2v) is 5.85. The molecule has 18 heavy (non-hydrogen) atoms. The first-order valence-electron chi connectivity index (χ1n) is 6.71. The van der Waals surface area contributed by atoms with Crippen molar-refractivity contribution in [3.05, 3.63) is 23.3 Å². The summed E-state index contributed by atoms with van der Waals surface area (Å²) in [6.07, 6.45) is 3.17. The van der Waals surface area contributed by atoms with Gasteiger partial charge in [0, 0.05) is 5.57 Å². The van der Waals surface area contributed by atoms with E-state index in [0.717, 1.165) is 31.3 Å². The summed E-state index contributed by atoms with van der Waals surface area (Å²) in [6.45, 7) is 7.91. The maximum atomic E-state index is 11.1. The first-order chi connectivity index (χ1) is 8.41. The molecule has 1 unspecified atom stereocenters. The molecule has 0 aromatic carbocycles. The minimum absolute atomic E-state index is 0.0326. The fraction of sp³-hybridized carbons (Fsp3) is 0.667. The average Bonchev–Trinajstić information content (AvgIpc) is 2.50. The minimum atomic E-state index is -0.886. The standard InChI is InChI=1S/C15H22O3/c1-8-4-5-11(9(2)15(17)18)6-13-10(3)14(16)7-12(8)13/h8,11-12,14,16H,2,4-7H2,1,3H3,(H,17,18)/t8-,11-,12-,14?/m0/s1. The summed E-state index contributed by atoms with van der Waals surface area (Å²) in [7, 11) is 0. The summed E-state index contributed by atoms with van der Waals surface area (Å²) in [5, 5.41) is 19.1. The molecule has 2 aliphatic carbocycles. The number of rotatable bonds is 2. The largest absolute Gasteiger partial charge is 0.478 e. The van der Waals surface area contributed by atoms with E-state index in [2.05, 4.69) is 13.5 Å². The number of fused-ring (bicyclic) bond motifs is 1. The monoisotopic (exact) mass is 250 g/mol. The predicted octanol–water partition coefficient (Wildman–Crippen LogP) is 2.76. The van der Waals surface area contributed by atoms with Gasteiger partial charge in [-0.05, 0) is 55.9 Å². The van der Waals surface area contributed by atoms with Crippen LogP contribution >= 0.6 is 0 Å². The van der Waals surface area contributed by atoms with Gasteiger partial charge < -0.3 is 10.2 Å². The quantitative estimate of drug-likeness (QED) is 0.585. The maximum Gasteiger partial charge on any atom is 0.331 e. The topological polar surface area (TPSA) is 57.5 Å². The van der Waals surface area contributed by atoms with E-state index in [-0.39, 0.29) is 12.0 Å². The lowest BCUT2D eigenvalue weighted by Gasteiger charge is -2.19. The zero-order valence-corrected chi connectivity index (χ0v) is 11.1. The number of allylic oxidation sites excluding steroid dienone is 1. The van der Waals surface area contributed by atoms with Crippen molar-refractivity contribution in [3.8, 4) is 0 Å². The Morgan fingerprint density at radius 2 is 2.06 bits per heavy atom. The van der Waals surface area contributed by atoms with Crippen LogP contribution in [0.3, 0.4) is 0 Å². The number of carbonyl (C=O) groups is 1. The van der Waals surface area contributed by atoms with Crippen LogP contribution in [0.2, 0.25) is 0 Å². The van der Waals surface area contributed by atoms with Crippen LogP contribution in [-0.2, 0) is 4.79 Å². The fourth-order valence-electron chi connectivity index (χ4n) is 3.46. The van der Waals surface area contributed by atoms with Crippen molar-refractivity contribution in [2.75, 3.05) is 0 Å². The molecule has 0 aromatic heterocycles. The van der Waals surface area contributed by atoms with Crippen LogP contribution in [0.5, 0.6) is 0 Å². The van der Waals surface area contributed by atoms with Crippen molar-refractivity contribution < 1.29 is 15.0 Å². The number of carboxylic acids is 1. The van der Waals surface area contributed by atoms with Crippen LogP contribution in [-0.4, -0.2) is 22.3 Å². The van der Waals surface area contributed by atoms with Crippen LogP contribution in [0.15, 0.2) is 23.3 Å². The summed E-state index contributed by atoms with van der Waals surface area (Å²) in [5.74, 6) is 0.110. The first-order valence-corrected chi connectivity index (χ1v) is 6.71. The van der Waals surface area contributed by atoms with Gasteiger partial charge in [0.05, 0.1) is 6.10 Å². The molecule has 100 valence electrons. The number of aliphatic hydroxyl groups is 1. The zero-order chi connectivity index (χ0) is 13.4. The Labute approximate surface area is 108 Å². The molecule has 2 N–H and O–H groups in total. The Morgan fingerprint density at radius 3 is 2.67 bits per heavy atom. The van der Waals surface area contributed by atoms with E-state index >= 15 is 0 Å². The summed E-state index contributed by atoms with van der Waals surface area (Å²) < 4.78 is 0. The van der Waals surface area contributed by atoms with Gasteiger partial charge in [-0.2, -0.15) is 0 Å². The van der Waals surface area contributed by atoms with Gasteiger partial charge in [-0.1, -0.05) is 19.1 Å². The summed E-state index contributed by atoms with van der Waals surface area (Å²) in [4.78, 5) is 11.1. The van der Waals surface area contributed by atoms with Crippen molar-refractivity contribution in [3.63, 3.8) is 0 Å². The lowest BCUT2D eigenvalue weighted by Crippen LogP contribution is -2.12. The van der Waals surface area contributed by atoms with Gasteiger partial charge in [0.2, 0.25) is 0 Å². The Balaban J connectivity index is 2.26. The van der Waals surface area contributed by atoms with E-state index in [1.807, 2.05) is 6.92 Å². The Kier molecular flexibility index (Phi) is 3.62. The molecule has 1 saturated carbocycles. The highest BCUT2D eigenvalue weighted by Gasteiger charge is 2.37. The third-order valence-electron chi connectivity index (χ3n) is 4.82. The zero-order valence-electron chi connectivity index (χ0n) is 11.1. The van der Waals surface area contributed by atoms with Crippen LogP contribution in [0, 0.1) is 17.8 Å². The molecule has 2 aliphatic rings. The molecule has 1 fully saturated rings. The molecule has 0 aliphatic heterocycles. The summed E-state index contributed by atoms with van der Waals surface area (Å²) >= 11 is 0. The van der Waals surface area contributed by atoms with E-state index in [9.17, 15) is 9.90 Å². The van der Waals surface area contributed by atoms with Gasteiger partial charge in [-0.25, -0.2) is 4.79 Å². The third-order valence-corrected chi connectivity index (χ3v) is 4.82. The molecular formula is C15H22O3. The lowest BCUT2D eigenvalue weighted by atomic mass is 9.86. The van der Waals surface area contributed by atoms with E-state index in [4.69, 9.17) is 5.11 Å². The maximum absolute atomic E-state index is 11.1. The fourth-order valence-corrected chi connectivity index (χ4v) is 3.46. The number of hydrogen-bond acceptors (Lipinski definition) is 2. The van der Waals surface area contributed by atoms with Crippen LogP contribution < -0.4 is 0 Å². The molecule has 3 heteroatoms. The van der Waals surface area contributed by atoms with E-state index in [1.54, 1.807) is 0 Å². The lowest BCUT2D eigenvalue weighted by molar-refractivity contribution is -0.133. The van der Waals surface area contributed by atoms with Crippen LogP contribution in [0.1, 0.15) is 39.5 Å². The highest BCUT2D eigenvalue weighted by Crippen LogP contribution is 2.46. The Bertz CT molecular complexity index is 408. The van der Waals surface area contributed by atoms with E-state index < -0.39 is 5.97 Å². The molecule has 0 saturated heterocycles. The molecular weight excluding hydrogens is 228 g/mol. The number of carboxylic acid groups (broad SMARTS) is 1. The number of hydrogen-bond donors (Lipinski definition) is 2. The van der Waals surface area contributed by atoms with Crippen LogP contribution in [0.4, 0.5) is 0 Å². The molecule has 3 nitrogen and oxygen atoms in total. The van der Waals surface area contributed by atoms with Gasteiger partial charge in [0.25, 0.3) is 0 Å². The van der Waals surface area contributed by atoms with Gasteiger partial charge in [-0.15, -0.1) is 0 Å². The summed E-state index contributed by atoms with van der Waals surface area (Å²) in [5.41, 5.74) is 2.68. The smallest absolute Gasteiger partial charge is 0.331 e. The first kappa shape index (κ1) is 13.3. The second kappa shape index (κ2) is 4.88. The SMILES string of the molecule is C=C(C(=O)O)[C@H]1CC[C@H](C)[C@@H]2CC(O)C(C)=C2C1. The van der Waals surface area contributed by atoms with E-state index in [1.165, 1.54) is 5.57 Å². The molecule has 0 bridgehead atoms. The summed E-state index contributed by atoms with van der Waals surface area (Å²) in [6, 6.07) is 0. The Hall–Kier alpha value is -1.09. The van der Waals surface area contributed by atoms with Crippen molar-refractivity contribution >= 4 is 5.97 Å².